The Morgan fingerprint density at radius 3 is 1.83 bits per heavy atom. The Kier molecular flexibility index (Phi) is 2.39. The van der Waals surface area contributed by atoms with E-state index in [4.69, 9.17) is 26.2 Å². The van der Waals surface area contributed by atoms with E-state index in [2.05, 4.69) is 0 Å². The summed E-state index contributed by atoms with van der Waals surface area (Å²) < 4.78 is 0. The van der Waals surface area contributed by atoms with Crippen molar-refractivity contribution < 1.29 is 25.5 Å². The molecule has 72 valence electrons. The second kappa shape index (κ2) is 2.91. The third kappa shape index (κ3) is 1.05. The lowest BCUT2D eigenvalue weighted by molar-refractivity contribution is -0.116. The molecule has 0 amide bonds. The van der Waals surface area contributed by atoms with Crippen LogP contribution in [0.2, 0.25) is 0 Å². The van der Waals surface area contributed by atoms with E-state index in [0.717, 1.165) is 0 Å². The lowest BCUT2D eigenvalue weighted by Crippen LogP contribution is -2.55. The first-order valence-corrected chi connectivity index (χ1v) is 3.58. The minimum absolute atomic E-state index is 0.802. The summed E-state index contributed by atoms with van der Waals surface area (Å²) in [7, 11) is 0. The van der Waals surface area contributed by atoms with Crippen LogP contribution in [0.5, 0.6) is 0 Å². The Hall–Kier alpha value is -0.240. The van der Waals surface area contributed by atoms with Gasteiger partial charge >= 0.3 is 0 Å². The molecule has 5 atom stereocenters. The van der Waals surface area contributed by atoms with Crippen LogP contribution in [0.25, 0.3) is 0 Å². The Bertz CT molecular complexity index is 161. The lowest BCUT2D eigenvalue weighted by Gasteiger charge is -2.28. The molecular weight excluding hydrogens is 166 g/mol. The van der Waals surface area contributed by atoms with Crippen LogP contribution in [0.1, 0.15) is 0 Å². The molecule has 12 heavy (non-hydrogen) atoms. The molecule has 0 heterocycles. The van der Waals surface area contributed by atoms with Crippen molar-refractivity contribution in [3.8, 4) is 0 Å². The van der Waals surface area contributed by atoms with E-state index in [0.29, 0.717) is 0 Å². The van der Waals surface area contributed by atoms with E-state index in [1.807, 2.05) is 0 Å². The first-order valence-electron chi connectivity index (χ1n) is 3.58. The highest BCUT2D eigenvalue weighted by molar-refractivity contribution is 5.11. The second-order valence-corrected chi connectivity index (χ2v) is 3.10. The maximum Gasteiger partial charge on any atom is 0.134 e. The molecule has 0 spiro atoms. The van der Waals surface area contributed by atoms with E-state index in [1.54, 1.807) is 0 Å². The van der Waals surface area contributed by atoms with Crippen LogP contribution >= 0.6 is 0 Å². The van der Waals surface area contributed by atoms with Crippen LogP contribution in [0.3, 0.4) is 0 Å². The summed E-state index contributed by atoms with van der Waals surface area (Å²) in [6, 6.07) is -1.24. The van der Waals surface area contributed by atoms with Gasteiger partial charge in [0, 0.05) is 0 Å². The fourth-order valence-electron chi connectivity index (χ4n) is 1.39. The molecule has 0 aromatic carbocycles. The van der Waals surface area contributed by atoms with Crippen molar-refractivity contribution in [3.05, 3.63) is 0 Å². The number of aliphatic hydroxyl groups is 5. The van der Waals surface area contributed by atoms with Crippen molar-refractivity contribution in [3.63, 3.8) is 0 Å². The van der Waals surface area contributed by atoms with Crippen LogP contribution in [0.4, 0.5) is 0 Å². The molecule has 6 nitrogen and oxygen atoms in total. The average molecular weight is 179 g/mol. The molecular formula is C6H13NO5. The topological polar surface area (TPSA) is 127 Å². The van der Waals surface area contributed by atoms with Crippen molar-refractivity contribution in [2.45, 2.75) is 30.0 Å². The zero-order valence-corrected chi connectivity index (χ0v) is 6.33. The monoisotopic (exact) mass is 179 g/mol. The van der Waals surface area contributed by atoms with Crippen molar-refractivity contribution in [2.75, 3.05) is 6.61 Å². The van der Waals surface area contributed by atoms with Crippen molar-refractivity contribution in [2.24, 2.45) is 5.73 Å². The maximum atomic E-state index is 9.43. The van der Waals surface area contributed by atoms with Gasteiger partial charge in [0.15, 0.2) is 0 Å². The van der Waals surface area contributed by atoms with E-state index < -0.39 is 36.6 Å². The van der Waals surface area contributed by atoms with Gasteiger partial charge in [0.25, 0.3) is 0 Å². The van der Waals surface area contributed by atoms with Gasteiger partial charge in [-0.2, -0.15) is 0 Å². The molecule has 0 aromatic rings. The van der Waals surface area contributed by atoms with Crippen LogP contribution in [0.15, 0.2) is 0 Å². The summed E-state index contributed by atoms with van der Waals surface area (Å²) in [4.78, 5) is 0. The Morgan fingerprint density at radius 1 is 1.17 bits per heavy atom. The predicted molar refractivity (Wildman–Crippen MR) is 38.0 cm³/mol. The number of hydrogen-bond donors (Lipinski definition) is 6. The average Bonchev–Trinajstić information content (AvgIpc) is 2.22. The molecule has 1 fully saturated rings. The summed E-state index contributed by atoms with van der Waals surface area (Å²) in [6.45, 7) is -0.802. The highest BCUT2D eigenvalue weighted by atomic mass is 16.4. The van der Waals surface area contributed by atoms with Gasteiger partial charge in [0.05, 0.1) is 12.6 Å². The van der Waals surface area contributed by atoms with E-state index in [9.17, 15) is 5.11 Å². The number of aliphatic hydroxyl groups excluding tert-OH is 4. The SMILES string of the molecule is N[C@@H]1[C@@H](O)[C@H](O)[C@H](O)[C@]1(O)CO. The smallest absolute Gasteiger partial charge is 0.134 e. The van der Waals surface area contributed by atoms with Gasteiger partial charge in [-0.25, -0.2) is 0 Å². The third-order valence-corrected chi connectivity index (χ3v) is 2.38. The standard InChI is InChI=1S/C6H13NO5/c7-4-2(9)3(10)5(11)6(4,12)1-8/h2-5,8-12H,1,7H2/t2-,3-,4+,5-,6-/m0/s1. The zero-order valence-electron chi connectivity index (χ0n) is 6.33. The highest BCUT2D eigenvalue weighted by Gasteiger charge is 2.57. The summed E-state index contributed by atoms with van der Waals surface area (Å²) in [6.07, 6.45) is -4.55. The van der Waals surface area contributed by atoms with Crippen LogP contribution in [-0.2, 0) is 0 Å². The Morgan fingerprint density at radius 2 is 1.67 bits per heavy atom. The summed E-state index contributed by atoms with van der Waals surface area (Å²) >= 11 is 0. The van der Waals surface area contributed by atoms with Crippen LogP contribution in [0, 0.1) is 0 Å². The lowest BCUT2D eigenvalue weighted by atomic mass is 9.97. The number of nitrogens with two attached hydrogens (primary N) is 1. The van der Waals surface area contributed by atoms with Gasteiger partial charge in [0.1, 0.15) is 23.9 Å². The molecule has 0 radical (unpaired) electrons. The molecule has 0 aliphatic heterocycles. The van der Waals surface area contributed by atoms with Gasteiger partial charge in [-0.05, 0) is 0 Å². The molecule has 1 saturated carbocycles. The van der Waals surface area contributed by atoms with Gasteiger partial charge < -0.3 is 31.3 Å². The quantitative estimate of drug-likeness (QED) is 0.244. The Balaban J connectivity index is 2.90. The Labute approximate surface area is 68.9 Å². The first-order chi connectivity index (χ1) is 5.45. The van der Waals surface area contributed by atoms with Gasteiger partial charge in [0.2, 0.25) is 0 Å². The minimum Gasteiger partial charge on any atom is -0.393 e. The molecule has 7 N–H and O–H groups in total. The van der Waals surface area contributed by atoms with Crippen molar-refractivity contribution in [1.29, 1.82) is 0 Å². The molecule has 0 unspecified atom stereocenters. The fraction of sp³-hybridized carbons (Fsp3) is 1.00. The van der Waals surface area contributed by atoms with Crippen LogP contribution < -0.4 is 5.73 Å². The fourth-order valence-corrected chi connectivity index (χ4v) is 1.39. The van der Waals surface area contributed by atoms with E-state index >= 15 is 0 Å². The minimum atomic E-state index is -2.02. The molecule has 6 heteroatoms. The summed E-state index contributed by atoms with van der Waals surface area (Å²) in [5.74, 6) is 0. The molecule has 0 bridgehead atoms. The molecule has 1 aliphatic rings. The van der Waals surface area contributed by atoms with Crippen molar-refractivity contribution >= 4 is 0 Å². The molecule has 1 rings (SSSR count). The van der Waals surface area contributed by atoms with Crippen LogP contribution in [-0.4, -0.2) is 62.1 Å². The van der Waals surface area contributed by atoms with Gasteiger partial charge in [-0.1, -0.05) is 0 Å². The number of hydrogen-bond acceptors (Lipinski definition) is 6. The van der Waals surface area contributed by atoms with Gasteiger partial charge in [-0.15, -0.1) is 0 Å². The largest absolute Gasteiger partial charge is 0.393 e. The molecule has 0 aromatic heterocycles. The second-order valence-electron chi connectivity index (χ2n) is 3.10. The summed E-state index contributed by atoms with van der Waals surface area (Å²) in [5, 5.41) is 45.4. The van der Waals surface area contributed by atoms with E-state index in [-0.39, 0.29) is 0 Å². The molecule has 0 saturated heterocycles. The maximum absolute atomic E-state index is 9.43. The van der Waals surface area contributed by atoms with Gasteiger partial charge in [-0.3, -0.25) is 0 Å². The molecule has 1 aliphatic carbocycles. The summed E-state index contributed by atoms with van der Waals surface area (Å²) in [5.41, 5.74) is 3.25. The van der Waals surface area contributed by atoms with Crippen molar-refractivity contribution in [1.82, 2.24) is 0 Å². The number of rotatable bonds is 1. The third-order valence-electron chi connectivity index (χ3n) is 2.38. The predicted octanol–water partition coefficient (Wildman–Crippen LogP) is -3.87. The normalized spacial score (nSPS) is 54.5. The highest BCUT2D eigenvalue weighted by Crippen LogP contribution is 2.29. The van der Waals surface area contributed by atoms with E-state index in [1.165, 1.54) is 0 Å². The first kappa shape index (κ1) is 9.85. The zero-order chi connectivity index (χ0) is 9.52.